The SMILES string of the molecule is CCC1(CC)OC(CNS(=O)(=O)O)C(c2ccccc2F)O1. The Morgan fingerprint density at radius 2 is 1.91 bits per heavy atom. The zero-order valence-electron chi connectivity index (χ0n) is 12.5. The standard InChI is InChI=1S/C14H20FNO5S/c1-3-14(4-2)20-12(9-16-22(17,18)19)13(21-14)10-7-5-6-8-11(10)15/h5-8,12-13,16H,3-4,9H2,1-2H3,(H,17,18,19). The fraction of sp³-hybridized carbons (Fsp3) is 0.571. The van der Waals surface area contributed by atoms with E-state index in [1.807, 2.05) is 18.6 Å². The molecule has 22 heavy (non-hydrogen) atoms. The second-order valence-electron chi connectivity index (χ2n) is 5.16. The summed E-state index contributed by atoms with van der Waals surface area (Å²) in [4.78, 5) is 0. The molecular weight excluding hydrogens is 313 g/mol. The van der Waals surface area contributed by atoms with Crippen LogP contribution in [0.5, 0.6) is 0 Å². The second kappa shape index (κ2) is 6.59. The molecule has 124 valence electrons. The Balaban J connectivity index is 2.29. The van der Waals surface area contributed by atoms with Gasteiger partial charge in [-0.3, -0.25) is 4.55 Å². The van der Waals surface area contributed by atoms with Crippen LogP contribution in [0.4, 0.5) is 4.39 Å². The predicted molar refractivity (Wildman–Crippen MR) is 78.0 cm³/mol. The van der Waals surface area contributed by atoms with E-state index in [2.05, 4.69) is 0 Å². The highest BCUT2D eigenvalue weighted by Gasteiger charge is 2.46. The fourth-order valence-electron chi connectivity index (χ4n) is 2.56. The van der Waals surface area contributed by atoms with E-state index in [-0.39, 0.29) is 6.54 Å². The molecular formula is C14H20FNO5S. The highest BCUT2D eigenvalue weighted by Crippen LogP contribution is 2.42. The maximum absolute atomic E-state index is 14.0. The van der Waals surface area contributed by atoms with Crippen LogP contribution in [-0.4, -0.2) is 31.4 Å². The third kappa shape index (κ3) is 3.82. The monoisotopic (exact) mass is 333 g/mol. The number of nitrogens with one attached hydrogen (secondary N) is 1. The molecule has 0 bridgehead atoms. The average molecular weight is 333 g/mol. The van der Waals surface area contributed by atoms with E-state index in [1.54, 1.807) is 18.2 Å². The summed E-state index contributed by atoms with van der Waals surface area (Å²) in [6, 6.07) is 6.12. The van der Waals surface area contributed by atoms with Crippen LogP contribution in [0.3, 0.4) is 0 Å². The second-order valence-corrected chi connectivity index (χ2v) is 6.40. The summed E-state index contributed by atoms with van der Waals surface area (Å²) in [6.07, 6.45) is -0.415. The van der Waals surface area contributed by atoms with Crippen molar-refractivity contribution >= 4 is 10.3 Å². The van der Waals surface area contributed by atoms with Crippen molar-refractivity contribution in [3.05, 3.63) is 35.6 Å². The minimum atomic E-state index is -4.36. The average Bonchev–Trinajstić information content (AvgIpc) is 2.85. The van der Waals surface area contributed by atoms with Crippen molar-refractivity contribution < 1.29 is 26.8 Å². The van der Waals surface area contributed by atoms with Crippen molar-refractivity contribution in [2.45, 2.75) is 44.7 Å². The molecule has 0 spiro atoms. The van der Waals surface area contributed by atoms with Gasteiger partial charge >= 0.3 is 10.3 Å². The lowest BCUT2D eigenvalue weighted by Crippen LogP contribution is -2.36. The van der Waals surface area contributed by atoms with Gasteiger partial charge in [0.1, 0.15) is 18.0 Å². The first-order valence-electron chi connectivity index (χ1n) is 7.12. The normalized spacial score (nSPS) is 24.5. The van der Waals surface area contributed by atoms with Crippen molar-refractivity contribution in [2.24, 2.45) is 0 Å². The summed E-state index contributed by atoms with van der Waals surface area (Å²) in [6.45, 7) is 3.54. The summed E-state index contributed by atoms with van der Waals surface area (Å²) in [7, 11) is -4.36. The van der Waals surface area contributed by atoms with E-state index in [1.165, 1.54) is 6.07 Å². The minimum Gasteiger partial charge on any atom is -0.342 e. The summed E-state index contributed by atoms with van der Waals surface area (Å²) in [5.41, 5.74) is 0.299. The van der Waals surface area contributed by atoms with E-state index < -0.39 is 34.1 Å². The van der Waals surface area contributed by atoms with Crippen LogP contribution in [0.15, 0.2) is 24.3 Å². The molecule has 2 rings (SSSR count). The Hall–Kier alpha value is -1.06. The third-order valence-corrected chi connectivity index (χ3v) is 4.33. The van der Waals surface area contributed by atoms with E-state index >= 15 is 0 Å². The van der Waals surface area contributed by atoms with Crippen LogP contribution in [0.1, 0.15) is 38.4 Å². The highest BCUT2D eigenvalue weighted by molar-refractivity contribution is 7.83. The van der Waals surface area contributed by atoms with Gasteiger partial charge in [-0.15, -0.1) is 0 Å². The molecule has 2 N–H and O–H groups in total. The molecule has 0 aromatic heterocycles. The molecule has 1 aromatic rings. The number of ether oxygens (including phenoxy) is 2. The van der Waals surface area contributed by atoms with E-state index in [0.29, 0.717) is 18.4 Å². The quantitative estimate of drug-likeness (QED) is 0.780. The maximum atomic E-state index is 14.0. The van der Waals surface area contributed by atoms with E-state index in [4.69, 9.17) is 14.0 Å². The van der Waals surface area contributed by atoms with Gasteiger partial charge in [0.05, 0.1) is 0 Å². The number of rotatable bonds is 6. The van der Waals surface area contributed by atoms with Gasteiger partial charge in [0, 0.05) is 12.1 Å². The van der Waals surface area contributed by atoms with Crippen molar-refractivity contribution in [1.29, 1.82) is 0 Å². The zero-order chi connectivity index (χ0) is 16.4. The molecule has 0 amide bonds. The molecule has 6 nitrogen and oxygen atoms in total. The van der Waals surface area contributed by atoms with Crippen LogP contribution in [0, 0.1) is 5.82 Å². The molecule has 2 atom stereocenters. The molecule has 2 unspecified atom stereocenters. The van der Waals surface area contributed by atoms with Gasteiger partial charge in [0.15, 0.2) is 5.79 Å². The van der Waals surface area contributed by atoms with Crippen molar-refractivity contribution in [1.82, 2.24) is 4.72 Å². The molecule has 1 aromatic carbocycles. The van der Waals surface area contributed by atoms with Gasteiger partial charge in [0.2, 0.25) is 0 Å². The van der Waals surface area contributed by atoms with Crippen LogP contribution < -0.4 is 4.72 Å². The van der Waals surface area contributed by atoms with E-state index in [0.717, 1.165) is 0 Å². The summed E-state index contributed by atoms with van der Waals surface area (Å²) >= 11 is 0. The van der Waals surface area contributed by atoms with Gasteiger partial charge in [-0.05, 0) is 18.9 Å². The van der Waals surface area contributed by atoms with Gasteiger partial charge in [-0.25, -0.2) is 4.39 Å². The molecule has 0 aliphatic carbocycles. The lowest BCUT2D eigenvalue weighted by atomic mass is 10.0. The minimum absolute atomic E-state index is 0.209. The molecule has 0 radical (unpaired) electrons. The number of hydrogen-bond acceptors (Lipinski definition) is 4. The van der Waals surface area contributed by atoms with Gasteiger partial charge in [-0.1, -0.05) is 32.0 Å². The Morgan fingerprint density at radius 1 is 1.27 bits per heavy atom. The summed E-state index contributed by atoms with van der Waals surface area (Å²) in [5.74, 6) is -1.34. The molecule has 1 saturated heterocycles. The summed E-state index contributed by atoms with van der Waals surface area (Å²) < 4.78 is 58.3. The Morgan fingerprint density at radius 3 is 2.45 bits per heavy atom. The van der Waals surface area contributed by atoms with Crippen molar-refractivity contribution in [3.63, 3.8) is 0 Å². The van der Waals surface area contributed by atoms with Gasteiger partial charge in [-0.2, -0.15) is 13.1 Å². The Labute approximate surface area is 129 Å². The highest BCUT2D eigenvalue weighted by atomic mass is 32.2. The third-order valence-electron chi connectivity index (χ3n) is 3.80. The first-order valence-corrected chi connectivity index (χ1v) is 8.56. The van der Waals surface area contributed by atoms with Crippen LogP contribution in [-0.2, 0) is 19.8 Å². The molecule has 0 saturated carbocycles. The first kappa shape index (κ1) is 17.3. The smallest absolute Gasteiger partial charge is 0.333 e. The maximum Gasteiger partial charge on any atom is 0.333 e. The Bertz CT molecular complexity index is 617. The molecule has 1 aliphatic rings. The van der Waals surface area contributed by atoms with Crippen molar-refractivity contribution in [2.75, 3.05) is 6.54 Å². The summed E-state index contributed by atoms with van der Waals surface area (Å²) in [5, 5.41) is 0. The topological polar surface area (TPSA) is 84.9 Å². The number of hydrogen-bond donors (Lipinski definition) is 2. The number of benzene rings is 1. The lowest BCUT2D eigenvalue weighted by molar-refractivity contribution is -0.179. The van der Waals surface area contributed by atoms with Crippen LogP contribution in [0.25, 0.3) is 0 Å². The lowest BCUT2D eigenvalue weighted by Gasteiger charge is -2.25. The van der Waals surface area contributed by atoms with Crippen LogP contribution >= 0.6 is 0 Å². The fourth-order valence-corrected chi connectivity index (χ4v) is 2.94. The molecule has 8 heteroatoms. The molecule has 1 heterocycles. The van der Waals surface area contributed by atoms with E-state index in [9.17, 15) is 12.8 Å². The largest absolute Gasteiger partial charge is 0.342 e. The predicted octanol–water partition coefficient (Wildman–Crippen LogP) is 2.19. The number of halogens is 1. The first-order chi connectivity index (χ1) is 10.3. The molecule has 1 aliphatic heterocycles. The van der Waals surface area contributed by atoms with Crippen LogP contribution in [0.2, 0.25) is 0 Å². The van der Waals surface area contributed by atoms with Gasteiger partial charge < -0.3 is 9.47 Å². The van der Waals surface area contributed by atoms with Gasteiger partial charge in [0.25, 0.3) is 0 Å². The molecule has 1 fully saturated rings. The van der Waals surface area contributed by atoms with Crippen molar-refractivity contribution in [3.8, 4) is 0 Å². The zero-order valence-corrected chi connectivity index (χ0v) is 13.3. The Kier molecular flexibility index (Phi) is 5.18.